The molecule has 1 N–H and O–H groups in total. The first kappa shape index (κ1) is 13.8. The molecule has 4 heteroatoms. The number of rotatable bonds is 2. The van der Waals surface area contributed by atoms with Crippen molar-refractivity contribution in [1.29, 1.82) is 0 Å². The highest BCUT2D eigenvalue weighted by atomic mass is 35.5. The average Bonchev–Trinajstić information content (AvgIpc) is 2.36. The molecule has 1 aromatic carbocycles. The summed E-state index contributed by atoms with van der Waals surface area (Å²) in [5, 5.41) is 3.52. The Kier molecular flexibility index (Phi) is 4.23. The van der Waals surface area contributed by atoms with Gasteiger partial charge in [-0.05, 0) is 25.0 Å². The zero-order valence-electron chi connectivity index (χ0n) is 10.5. The van der Waals surface area contributed by atoms with E-state index < -0.39 is 0 Å². The Morgan fingerprint density at radius 1 is 1.33 bits per heavy atom. The third kappa shape index (κ3) is 2.83. The monoisotopic (exact) mass is 283 g/mol. The van der Waals surface area contributed by atoms with Crippen LogP contribution in [-0.2, 0) is 4.79 Å². The molecule has 1 aliphatic rings. The van der Waals surface area contributed by atoms with Gasteiger partial charge in [-0.3, -0.25) is 4.79 Å². The van der Waals surface area contributed by atoms with Gasteiger partial charge < -0.3 is 5.32 Å². The van der Waals surface area contributed by atoms with Crippen molar-refractivity contribution in [2.24, 2.45) is 5.41 Å². The number of halogens is 1. The van der Waals surface area contributed by atoms with E-state index in [0.717, 1.165) is 25.7 Å². The molecule has 0 unspecified atom stereocenters. The van der Waals surface area contributed by atoms with E-state index in [-0.39, 0.29) is 11.3 Å². The average molecular weight is 284 g/mol. The molecule has 0 aliphatic heterocycles. The molecule has 2 rings (SSSR count). The maximum absolute atomic E-state index is 12.4. The van der Waals surface area contributed by atoms with Crippen molar-refractivity contribution in [2.75, 3.05) is 5.32 Å². The fraction of sp³-hybridized carbons (Fsp3) is 0.500. The van der Waals surface area contributed by atoms with E-state index in [4.69, 9.17) is 11.6 Å². The van der Waals surface area contributed by atoms with Gasteiger partial charge in [-0.2, -0.15) is 0 Å². The van der Waals surface area contributed by atoms with Gasteiger partial charge in [0.25, 0.3) is 0 Å². The van der Waals surface area contributed by atoms with Crippen LogP contribution in [0.1, 0.15) is 39.0 Å². The van der Waals surface area contributed by atoms with Crippen LogP contribution in [0, 0.1) is 5.41 Å². The number of amides is 1. The van der Waals surface area contributed by atoms with Crippen LogP contribution in [0.5, 0.6) is 0 Å². The molecule has 0 spiro atoms. The lowest BCUT2D eigenvalue weighted by Gasteiger charge is -2.32. The maximum atomic E-state index is 12.4. The van der Waals surface area contributed by atoms with Crippen LogP contribution < -0.4 is 5.32 Å². The third-order valence-electron chi connectivity index (χ3n) is 3.74. The molecule has 0 radical (unpaired) electrons. The molecular formula is C14H18ClNOS. The second kappa shape index (κ2) is 5.54. The molecule has 0 atom stereocenters. The van der Waals surface area contributed by atoms with Crippen LogP contribution in [0.15, 0.2) is 23.1 Å². The number of hydrogen-bond donors (Lipinski definition) is 2. The SMILES string of the molecule is CC1(C(=O)Nc2cccc(Cl)c2S)CCCCC1. The predicted octanol–water partition coefficient (Wildman–Crippen LogP) is 4.54. The van der Waals surface area contributed by atoms with E-state index in [2.05, 4.69) is 17.9 Å². The van der Waals surface area contributed by atoms with E-state index in [1.807, 2.05) is 19.1 Å². The minimum atomic E-state index is -0.249. The van der Waals surface area contributed by atoms with Crippen molar-refractivity contribution in [3.8, 4) is 0 Å². The summed E-state index contributed by atoms with van der Waals surface area (Å²) in [6.07, 6.45) is 5.42. The van der Waals surface area contributed by atoms with Crippen LogP contribution in [0.25, 0.3) is 0 Å². The zero-order valence-corrected chi connectivity index (χ0v) is 12.2. The number of carbonyl (C=O) groups is 1. The standard InChI is InChI=1S/C14H18ClNOS/c1-14(8-3-2-4-9-14)13(17)16-11-7-5-6-10(15)12(11)18/h5-7,18H,2-4,8-9H2,1H3,(H,16,17). The lowest BCUT2D eigenvalue weighted by atomic mass is 9.75. The van der Waals surface area contributed by atoms with Gasteiger partial charge >= 0.3 is 0 Å². The molecule has 0 heterocycles. The van der Waals surface area contributed by atoms with Crippen molar-refractivity contribution in [2.45, 2.75) is 43.9 Å². The number of anilines is 1. The van der Waals surface area contributed by atoms with E-state index in [1.165, 1.54) is 6.42 Å². The van der Waals surface area contributed by atoms with Crippen LogP contribution >= 0.6 is 24.2 Å². The Labute approximate surface area is 119 Å². The predicted molar refractivity (Wildman–Crippen MR) is 78.5 cm³/mol. The first-order chi connectivity index (χ1) is 8.53. The zero-order chi connectivity index (χ0) is 13.2. The molecule has 98 valence electrons. The van der Waals surface area contributed by atoms with Gasteiger partial charge in [0.15, 0.2) is 0 Å². The van der Waals surface area contributed by atoms with Crippen LogP contribution in [0.4, 0.5) is 5.69 Å². The number of nitrogens with one attached hydrogen (secondary N) is 1. The molecule has 0 bridgehead atoms. The van der Waals surface area contributed by atoms with Gasteiger partial charge in [0.05, 0.1) is 10.7 Å². The number of carbonyl (C=O) groups excluding carboxylic acids is 1. The van der Waals surface area contributed by atoms with Crippen LogP contribution in [0.2, 0.25) is 5.02 Å². The van der Waals surface area contributed by atoms with E-state index >= 15 is 0 Å². The second-order valence-electron chi connectivity index (χ2n) is 5.21. The first-order valence-electron chi connectivity index (χ1n) is 6.32. The van der Waals surface area contributed by atoms with Gasteiger partial charge in [0.2, 0.25) is 5.91 Å². The molecular weight excluding hydrogens is 266 g/mol. The smallest absolute Gasteiger partial charge is 0.230 e. The summed E-state index contributed by atoms with van der Waals surface area (Å²) >= 11 is 10.3. The van der Waals surface area contributed by atoms with Crippen molar-refractivity contribution < 1.29 is 4.79 Å². The fourth-order valence-corrected chi connectivity index (χ4v) is 2.83. The molecule has 0 saturated heterocycles. The van der Waals surface area contributed by atoms with Gasteiger partial charge in [0.1, 0.15) is 0 Å². The Morgan fingerprint density at radius 3 is 2.67 bits per heavy atom. The summed E-state index contributed by atoms with van der Waals surface area (Å²) in [4.78, 5) is 13.0. The fourth-order valence-electron chi connectivity index (χ4n) is 2.45. The van der Waals surface area contributed by atoms with E-state index in [0.29, 0.717) is 15.6 Å². The molecule has 1 amide bonds. The highest BCUT2D eigenvalue weighted by Gasteiger charge is 2.34. The van der Waals surface area contributed by atoms with Crippen LogP contribution in [0.3, 0.4) is 0 Å². The Morgan fingerprint density at radius 2 is 2.00 bits per heavy atom. The summed E-state index contributed by atoms with van der Waals surface area (Å²) in [5.74, 6) is 0.0831. The van der Waals surface area contributed by atoms with E-state index in [1.54, 1.807) is 6.07 Å². The normalized spacial score (nSPS) is 18.4. The van der Waals surface area contributed by atoms with Crippen LogP contribution in [-0.4, -0.2) is 5.91 Å². The molecule has 1 saturated carbocycles. The quantitative estimate of drug-likeness (QED) is 0.767. The summed E-state index contributed by atoms with van der Waals surface area (Å²) < 4.78 is 0. The molecule has 18 heavy (non-hydrogen) atoms. The van der Waals surface area contributed by atoms with Crippen molar-refractivity contribution in [1.82, 2.24) is 0 Å². The van der Waals surface area contributed by atoms with Gasteiger partial charge in [-0.1, -0.05) is 43.9 Å². The molecule has 2 nitrogen and oxygen atoms in total. The lowest BCUT2D eigenvalue weighted by Crippen LogP contribution is -2.35. The molecule has 1 aromatic rings. The van der Waals surface area contributed by atoms with Crippen molar-refractivity contribution >= 4 is 35.8 Å². The molecule has 1 fully saturated rings. The number of hydrogen-bond acceptors (Lipinski definition) is 2. The maximum Gasteiger partial charge on any atom is 0.230 e. The lowest BCUT2D eigenvalue weighted by molar-refractivity contribution is -0.126. The summed E-state index contributed by atoms with van der Waals surface area (Å²) in [6.45, 7) is 2.05. The summed E-state index contributed by atoms with van der Waals surface area (Å²) in [7, 11) is 0. The Hall–Kier alpha value is -0.670. The van der Waals surface area contributed by atoms with Crippen molar-refractivity contribution in [3.05, 3.63) is 23.2 Å². The van der Waals surface area contributed by atoms with Crippen molar-refractivity contribution in [3.63, 3.8) is 0 Å². The minimum absolute atomic E-state index is 0.0831. The Balaban J connectivity index is 2.13. The highest BCUT2D eigenvalue weighted by Crippen LogP contribution is 2.37. The second-order valence-corrected chi connectivity index (χ2v) is 6.07. The Bertz CT molecular complexity index is 455. The summed E-state index contributed by atoms with van der Waals surface area (Å²) in [6, 6.07) is 5.42. The molecule has 0 aromatic heterocycles. The number of benzene rings is 1. The van der Waals surface area contributed by atoms with E-state index in [9.17, 15) is 4.79 Å². The van der Waals surface area contributed by atoms with Gasteiger partial charge in [-0.25, -0.2) is 0 Å². The highest BCUT2D eigenvalue weighted by molar-refractivity contribution is 7.80. The van der Waals surface area contributed by atoms with Gasteiger partial charge in [-0.15, -0.1) is 12.6 Å². The third-order valence-corrected chi connectivity index (χ3v) is 4.67. The molecule has 1 aliphatic carbocycles. The summed E-state index contributed by atoms with van der Waals surface area (Å²) in [5.41, 5.74) is 0.448. The van der Waals surface area contributed by atoms with Gasteiger partial charge in [0, 0.05) is 10.3 Å². The minimum Gasteiger partial charge on any atom is -0.325 e. The number of thiol groups is 1. The largest absolute Gasteiger partial charge is 0.325 e. The first-order valence-corrected chi connectivity index (χ1v) is 7.14. The topological polar surface area (TPSA) is 29.1 Å².